The minimum absolute atomic E-state index is 0.137. The number of nitrogens with zero attached hydrogens (tertiary/aromatic N) is 3. The van der Waals surface area contributed by atoms with E-state index in [1.165, 1.54) is 16.8 Å². The van der Waals surface area contributed by atoms with Gasteiger partial charge in [-0.25, -0.2) is 0 Å². The normalized spacial score (nSPS) is 18.6. The summed E-state index contributed by atoms with van der Waals surface area (Å²) in [4.78, 5) is 19.9. The molecule has 160 valence electrons. The molecule has 0 spiro atoms. The summed E-state index contributed by atoms with van der Waals surface area (Å²) in [6, 6.07) is 14.0. The lowest BCUT2D eigenvalue weighted by molar-refractivity contribution is -0.137. The van der Waals surface area contributed by atoms with E-state index in [9.17, 15) is 9.90 Å². The molecule has 1 amide bonds. The second-order valence-electron chi connectivity index (χ2n) is 8.71. The molecule has 0 unspecified atom stereocenters. The van der Waals surface area contributed by atoms with Gasteiger partial charge in [-0.3, -0.25) is 9.69 Å². The molecule has 30 heavy (non-hydrogen) atoms. The number of carbonyl (C=O) groups excluding carboxylic acids is 1. The fourth-order valence-electron chi connectivity index (χ4n) is 4.73. The zero-order chi connectivity index (χ0) is 21.1. The van der Waals surface area contributed by atoms with E-state index in [-0.39, 0.29) is 5.92 Å². The SMILES string of the molecule is Cc1cccc(N2CCN(C(=O)C3CCN(Cc4ccccc4O)CC3)CC2)c1C. The van der Waals surface area contributed by atoms with Gasteiger partial charge in [0.2, 0.25) is 5.91 Å². The van der Waals surface area contributed by atoms with Crippen LogP contribution in [-0.4, -0.2) is 60.1 Å². The van der Waals surface area contributed by atoms with Gasteiger partial charge in [0.1, 0.15) is 5.75 Å². The predicted molar refractivity (Wildman–Crippen MR) is 121 cm³/mol. The maximum absolute atomic E-state index is 13.1. The van der Waals surface area contributed by atoms with Crippen LogP contribution in [0.25, 0.3) is 0 Å². The van der Waals surface area contributed by atoms with Crippen molar-refractivity contribution < 1.29 is 9.90 Å². The third kappa shape index (κ3) is 4.46. The zero-order valence-corrected chi connectivity index (χ0v) is 18.2. The van der Waals surface area contributed by atoms with Gasteiger partial charge in [-0.05, 0) is 63.0 Å². The molecule has 0 aliphatic carbocycles. The van der Waals surface area contributed by atoms with E-state index in [4.69, 9.17) is 0 Å². The lowest BCUT2D eigenvalue weighted by atomic mass is 9.94. The molecule has 2 heterocycles. The number of phenols is 1. The zero-order valence-electron chi connectivity index (χ0n) is 18.2. The minimum atomic E-state index is 0.137. The molecule has 0 bridgehead atoms. The third-order valence-corrected chi connectivity index (χ3v) is 6.83. The van der Waals surface area contributed by atoms with Crippen LogP contribution in [0.1, 0.15) is 29.5 Å². The Morgan fingerprint density at radius 1 is 0.933 bits per heavy atom. The Morgan fingerprint density at radius 3 is 2.33 bits per heavy atom. The van der Waals surface area contributed by atoms with Crippen molar-refractivity contribution in [3.8, 4) is 5.75 Å². The molecule has 0 saturated carbocycles. The van der Waals surface area contributed by atoms with Gasteiger partial charge in [-0.1, -0.05) is 30.3 Å². The molecule has 2 saturated heterocycles. The minimum Gasteiger partial charge on any atom is -0.508 e. The van der Waals surface area contributed by atoms with E-state index in [0.717, 1.165) is 64.2 Å². The van der Waals surface area contributed by atoms with Gasteiger partial charge in [-0.15, -0.1) is 0 Å². The number of amides is 1. The average Bonchev–Trinajstić information content (AvgIpc) is 2.77. The van der Waals surface area contributed by atoms with Crippen LogP contribution in [0.3, 0.4) is 0 Å². The Balaban J connectivity index is 1.27. The summed E-state index contributed by atoms with van der Waals surface area (Å²) in [7, 11) is 0. The van der Waals surface area contributed by atoms with Crippen LogP contribution in [0, 0.1) is 19.8 Å². The van der Waals surface area contributed by atoms with Crippen molar-refractivity contribution in [1.82, 2.24) is 9.80 Å². The Bertz CT molecular complexity index is 882. The molecule has 2 fully saturated rings. The second-order valence-corrected chi connectivity index (χ2v) is 8.71. The highest BCUT2D eigenvalue weighted by Crippen LogP contribution is 2.26. The van der Waals surface area contributed by atoms with E-state index in [2.05, 4.69) is 46.7 Å². The van der Waals surface area contributed by atoms with Gasteiger partial charge in [0.05, 0.1) is 0 Å². The van der Waals surface area contributed by atoms with Crippen LogP contribution in [0.5, 0.6) is 5.75 Å². The first-order chi connectivity index (χ1) is 14.5. The van der Waals surface area contributed by atoms with Crippen molar-refractivity contribution in [2.24, 2.45) is 5.92 Å². The summed E-state index contributed by atoms with van der Waals surface area (Å²) >= 11 is 0. The number of hydrogen-bond acceptors (Lipinski definition) is 4. The number of phenolic OH excluding ortho intramolecular Hbond substituents is 1. The first kappa shape index (κ1) is 20.7. The topological polar surface area (TPSA) is 47.0 Å². The van der Waals surface area contributed by atoms with Crippen LogP contribution in [0.15, 0.2) is 42.5 Å². The van der Waals surface area contributed by atoms with Gasteiger partial charge in [0.15, 0.2) is 0 Å². The smallest absolute Gasteiger partial charge is 0.225 e. The number of benzene rings is 2. The summed E-state index contributed by atoms with van der Waals surface area (Å²) in [5, 5.41) is 10.00. The van der Waals surface area contributed by atoms with E-state index in [1.807, 2.05) is 18.2 Å². The quantitative estimate of drug-likeness (QED) is 0.842. The Hall–Kier alpha value is -2.53. The maximum Gasteiger partial charge on any atom is 0.225 e. The maximum atomic E-state index is 13.1. The molecule has 0 radical (unpaired) electrons. The fourth-order valence-corrected chi connectivity index (χ4v) is 4.73. The molecule has 4 rings (SSSR count). The Morgan fingerprint density at radius 2 is 1.63 bits per heavy atom. The second kappa shape index (κ2) is 9.09. The number of anilines is 1. The van der Waals surface area contributed by atoms with Crippen LogP contribution in [-0.2, 0) is 11.3 Å². The van der Waals surface area contributed by atoms with Crippen molar-refractivity contribution in [2.75, 3.05) is 44.2 Å². The molecule has 2 aromatic carbocycles. The van der Waals surface area contributed by atoms with Gasteiger partial charge in [0, 0.05) is 49.9 Å². The largest absolute Gasteiger partial charge is 0.508 e. The number of aromatic hydroxyl groups is 1. The average molecular weight is 408 g/mol. The van der Waals surface area contributed by atoms with Crippen LogP contribution < -0.4 is 4.90 Å². The van der Waals surface area contributed by atoms with Gasteiger partial charge < -0.3 is 14.9 Å². The first-order valence-electron chi connectivity index (χ1n) is 11.1. The van der Waals surface area contributed by atoms with Gasteiger partial charge >= 0.3 is 0 Å². The lowest BCUT2D eigenvalue weighted by Crippen LogP contribution is -2.51. The number of piperazine rings is 1. The fraction of sp³-hybridized carbons (Fsp3) is 0.480. The molecular formula is C25H33N3O2. The van der Waals surface area contributed by atoms with Crippen molar-refractivity contribution in [3.63, 3.8) is 0 Å². The van der Waals surface area contributed by atoms with Crippen molar-refractivity contribution in [3.05, 3.63) is 59.2 Å². The van der Waals surface area contributed by atoms with Gasteiger partial charge in [0.25, 0.3) is 0 Å². The number of hydrogen-bond donors (Lipinski definition) is 1. The monoisotopic (exact) mass is 407 g/mol. The highest BCUT2D eigenvalue weighted by molar-refractivity contribution is 5.79. The molecule has 5 heteroatoms. The van der Waals surface area contributed by atoms with Crippen molar-refractivity contribution in [2.45, 2.75) is 33.2 Å². The summed E-state index contributed by atoms with van der Waals surface area (Å²) in [6.45, 7) is 10.3. The van der Waals surface area contributed by atoms with Crippen molar-refractivity contribution in [1.29, 1.82) is 0 Å². The standard InChI is InChI=1S/C25H33N3O2/c1-19-6-5-8-23(20(19)2)27-14-16-28(17-15-27)25(30)21-10-12-26(13-11-21)18-22-7-3-4-9-24(22)29/h3-9,21,29H,10-18H2,1-2H3. The number of rotatable bonds is 4. The first-order valence-corrected chi connectivity index (χ1v) is 11.1. The lowest BCUT2D eigenvalue weighted by Gasteiger charge is -2.40. The summed E-state index contributed by atoms with van der Waals surface area (Å²) in [5.41, 5.74) is 4.93. The van der Waals surface area contributed by atoms with Crippen LogP contribution >= 0.6 is 0 Å². The number of para-hydroxylation sites is 1. The number of piperidine rings is 1. The number of carbonyl (C=O) groups is 1. The van der Waals surface area contributed by atoms with E-state index in [1.54, 1.807) is 6.07 Å². The van der Waals surface area contributed by atoms with Crippen LogP contribution in [0.2, 0.25) is 0 Å². The Labute approximate surface area is 179 Å². The molecular weight excluding hydrogens is 374 g/mol. The summed E-state index contributed by atoms with van der Waals surface area (Å²) in [6.07, 6.45) is 1.81. The third-order valence-electron chi connectivity index (χ3n) is 6.83. The molecule has 2 aromatic rings. The Kier molecular flexibility index (Phi) is 6.28. The van der Waals surface area contributed by atoms with Crippen molar-refractivity contribution >= 4 is 11.6 Å². The summed E-state index contributed by atoms with van der Waals surface area (Å²) < 4.78 is 0. The molecule has 5 nitrogen and oxygen atoms in total. The van der Waals surface area contributed by atoms with E-state index >= 15 is 0 Å². The van der Waals surface area contributed by atoms with Crippen LogP contribution in [0.4, 0.5) is 5.69 Å². The number of aryl methyl sites for hydroxylation is 1. The molecule has 0 atom stereocenters. The summed E-state index contributed by atoms with van der Waals surface area (Å²) in [5.74, 6) is 0.827. The molecule has 2 aliphatic rings. The molecule has 1 N–H and O–H groups in total. The highest BCUT2D eigenvalue weighted by atomic mass is 16.3. The predicted octanol–water partition coefficient (Wildman–Crippen LogP) is 3.57. The highest BCUT2D eigenvalue weighted by Gasteiger charge is 2.30. The van der Waals surface area contributed by atoms with E-state index in [0.29, 0.717) is 11.7 Å². The van der Waals surface area contributed by atoms with Gasteiger partial charge in [-0.2, -0.15) is 0 Å². The van der Waals surface area contributed by atoms with E-state index < -0.39 is 0 Å². The number of likely N-dealkylation sites (tertiary alicyclic amines) is 1. The molecule has 2 aliphatic heterocycles. The molecule has 0 aromatic heterocycles.